The second kappa shape index (κ2) is 17.5. The Morgan fingerprint density at radius 1 is 0.771 bits per heavy atom. The first-order valence-electron chi connectivity index (χ1n) is 14.2. The van der Waals surface area contributed by atoms with Crippen LogP contribution in [0.15, 0.2) is 30.3 Å². The van der Waals surface area contributed by atoms with Crippen molar-refractivity contribution < 1.29 is 13.6 Å². The minimum Gasteiger partial charge on any atom is -0.415 e. The van der Waals surface area contributed by atoms with Crippen LogP contribution >= 0.6 is 0 Å². The number of unbranched alkanes of at least 4 members (excludes halogenated alkanes) is 10. The molecule has 0 bridgehead atoms. The summed E-state index contributed by atoms with van der Waals surface area (Å²) in [5, 5.41) is 3.27. The van der Waals surface area contributed by atoms with E-state index in [1.165, 1.54) is 64.2 Å². The van der Waals surface area contributed by atoms with Crippen molar-refractivity contribution in [2.45, 2.75) is 135 Å². The highest BCUT2D eigenvalue weighted by molar-refractivity contribution is 6.70. The Balaban J connectivity index is 2.63. The molecule has 0 radical (unpaired) electrons. The van der Waals surface area contributed by atoms with Crippen molar-refractivity contribution in [3.05, 3.63) is 35.9 Å². The molecule has 35 heavy (non-hydrogen) atoms. The molecule has 6 heteroatoms. The molecule has 2 atom stereocenters. The third kappa shape index (κ3) is 17.2. The molecule has 0 aromatic heterocycles. The van der Waals surface area contributed by atoms with Gasteiger partial charge in [-0.1, -0.05) is 95.8 Å². The maximum Gasteiger partial charge on any atom is 0.251 e. The number of hydrogen-bond donors (Lipinski definition) is 1. The summed E-state index contributed by atoms with van der Waals surface area (Å²) in [6.45, 7) is 16.1. The van der Waals surface area contributed by atoms with Crippen LogP contribution in [0.5, 0.6) is 0 Å². The van der Waals surface area contributed by atoms with Crippen molar-refractivity contribution in [3.63, 3.8) is 0 Å². The van der Waals surface area contributed by atoms with Crippen LogP contribution in [0, 0.1) is 0 Å². The summed E-state index contributed by atoms with van der Waals surface area (Å²) in [4.78, 5) is 13.0. The van der Waals surface area contributed by atoms with Gasteiger partial charge >= 0.3 is 0 Å². The van der Waals surface area contributed by atoms with Gasteiger partial charge in [0.2, 0.25) is 0 Å². The average Bonchev–Trinajstić information content (AvgIpc) is 2.78. The molecule has 0 saturated carbocycles. The van der Waals surface area contributed by atoms with E-state index in [2.05, 4.69) is 51.5 Å². The summed E-state index contributed by atoms with van der Waals surface area (Å²) >= 11 is 0. The van der Waals surface area contributed by atoms with Gasteiger partial charge in [0.1, 0.15) is 0 Å². The zero-order valence-corrected chi connectivity index (χ0v) is 26.0. The summed E-state index contributed by atoms with van der Waals surface area (Å²) in [6, 6.07) is 9.34. The highest BCUT2D eigenvalue weighted by Crippen LogP contribution is 2.20. The molecule has 0 aliphatic heterocycles. The molecule has 0 aliphatic rings. The van der Waals surface area contributed by atoms with E-state index in [-0.39, 0.29) is 18.1 Å². The Morgan fingerprint density at radius 2 is 1.29 bits per heavy atom. The number of nitrogens with one attached hydrogen (secondary N) is 1. The zero-order chi connectivity index (χ0) is 26.2. The Labute approximate surface area is 219 Å². The van der Waals surface area contributed by atoms with Crippen LogP contribution in [0.3, 0.4) is 0 Å². The molecule has 0 fully saturated rings. The van der Waals surface area contributed by atoms with E-state index in [9.17, 15) is 4.79 Å². The van der Waals surface area contributed by atoms with Gasteiger partial charge in [-0.15, -0.1) is 0 Å². The van der Waals surface area contributed by atoms with E-state index in [1.54, 1.807) is 0 Å². The lowest BCUT2D eigenvalue weighted by molar-refractivity contribution is 0.0748. The molecular formula is C29H55NO3Si2. The monoisotopic (exact) mass is 521 g/mol. The third-order valence-electron chi connectivity index (χ3n) is 6.09. The predicted octanol–water partition coefficient (Wildman–Crippen LogP) is 8.56. The maximum atomic E-state index is 13.0. The highest BCUT2D eigenvalue weighted by atomic mass is 28.4. The highest BCUT2D eigenvalue weighted by Gasteiger charge is 2.30. The van der Waals surface area contributed by atoms with E-state index < -0.39 is 16.6 Å². The number of amides is 1. The van der Waals surface area contributed by atoms with Crippen molar-refractivity contribution in [2.75, 3.05) is 6.61 Å². The lowest BCUT2D eigenvalue weighted by Gasteiger charge is -2.34. The summed E-state index contributed by atoms with van der Waals surface area (Å²) in [5.74, 6) is -0.0436. The fraction of sp³-hybridized carbons (Fsp3) is 0.759. The van der Waals surface area contributed by atoms with Crippen molar-refractivity contribution in [3.8, 4) is 0 Å². The smallest absolute Gasteiger partial charge is 0.251 e. The lowest BCUT2D eigenvalue weighted by Crippen LogP contribution is -2.51. The van der Waals surface area contributed by atoms with Crippen molar-refractivity contribution in [1.82, 2.24) is 5.32 Å². The van der Waals surface area contributed by atoms with Crippen molar-refractivity contribution in [1.29, 1.82) is 0 Å². The predicted molar refractivity (Wildman–Crippen MR) is 156 cm³/mol. The van der Waals surface area contributed by atoms with Crippen LogP contribution in [0.2, 0.25) is 39.3 Å². The van der Waals surface area contributed by atoms with Crippen LogP contribution < -0.4 is 5.32 Å². The normalized spacial score (nSPS) is 14.0. The van der Waals surface area contributed by atoms with Gasteiger partial charge < -0.3 is 14.2 Å². The molecule has 1 N–H and O–H groups in total. The van der Waals surface area contributed by atoms with Gasteiger partial charge in [0, 0.05) is 5.56 Å². The van der Waals surface area contributed by atoms with Gasteiger partial charge in [0.15, 0.2) is 16.6 Å². The van der Waals surface area contributed by atoms with Crippen LogP contribution in [-0.2, 0) is 8.85 Å². The molecule has 0 aliphatic carbocycles. The summed E-state index contributed by atoms with van der Waals surface area (Å²) < 4.78 is 12.9. The summed E-state index contributed by atoms with van der Waals surface area (Å²) in [5.41, 5.74) is 0.687. The Morgan fingerprint density at radius 3 is 1.77 bits per heavy atom. The van der Waals surface area contributed by atoms with Gasteiger partial charge in [-0.25, -0.2) is 0 Å². The van der Waals surface area contributed by atoms with Crippen LogP contribution in [-0.4, -0.2) is 41.3 Å². The molecule has 0 saturated heterocycles. The first-order valence-corrected chi connectivity index (χ1v) is 21.0. The first kappa shape index (κ1) is 32.1. The molecular weight excluding hydrogens is 466 g/mol. The van der Waals surface area contributed by atoms with Crippen LogP contribution in [0.1, 0.15) is 94.3 Å². The number of carbonyl (C=O) groups excluding carboxylic acids is 1. The molecule has 1 amide bonds. The van der Waals surface area contributed by atoms with Gasteiger partial charge in [-0.3, -0.25) is 4.79 Å². The third-order valence-corrected chi connectivity index (χ3v) is 8.14. The quantitative estimate of drug-likeness (QED) is 0.138. The average molecular weight is 522 g/mol. The van der Waals surface area contributed by atoms with E-state index >= 15 is 0 Å². The second-order valence-corrected chi connectivity index (χ2v) is 20.9. The largest absolute Gasteiger partial charge is 0.415 e. The van der Waals surface area contributed by atoms with Crippen molar-refractivity contribution in [2.24, 2.45) is 0 Å². The second-order valence-electron chi connectivity index (χ2n) is 12.0. The van der Waals surface area contributed by atoms with E-state index in [0.717, 1.165) is 12.8 Å². The summed E-state index contributed by atoms with van der Waals surface area (Å²) in [6.07, 6.45) is 15.6. The number of hydrogen-bond acceptors (Lipinski definition) is 3. The van der Waals surface area contributed by atoms with Gasteiger partial charge in [0.25, 0.3) is 5.91 Å². The van der Waals surface area contributed by atoms with Crippen LogP contribution in [0.4, 0.5) is 0 Å². The SMILES string of the molecule is CCCCCCCCCCCCCC(O[Si](C)(C)C)C(CO[Si](C)(C)C)NC(=O)c1ccccc1. The number of rotatable bonds is 20. The molecule has 0 spiro atoms. The van der Waals surface area contributed by atoms with E-state index in [4.69, 9.17) is 8.85 Å². The van der Waals surface area contributed by atoms with Gasteiger partial charge in [0.05, 0.1) is 18.8 Å². The van der Waals surface area contributed by atoms with Crippen LogP contribution in [0.25, 0.3) is 0 Å². The molecule has 1 aromatic rings. The zero-order valence-electron chi connectivity index (χ0n) is 24.0. The first-order chi connectivity index (χ1) is 16.5. The Bertz CT molecular complexity index is 671. The molecule has 1 rings (SSSR count). The number of benzene rings is 1. The minimum atomic E-state index is -1.78. The van der Waals surface area contributed by atoms with E-state index in [1.807, 2.05) is 30.3 Å². The van der Waals surface area contributed by atoms with Gasteiger partial charge in [-0.05, 0) is 57.8 Å². The Hall–Kier alpha value is -0.956. The maximum absolute atomic E-state index is 13.0. The molecule has 1 aromatic carbocycles. The van der Waals surface area contributed by atoms with Gasteiger partial charge in [-0.2, -0.15) is 0 Å². The molecule has 4 nitrogen and oxygen atoms in total. The fourth-order valence-corrected chi connectivity index (χ4v) is 6.10. The fourth-order valence-electron chi connectivity index (χ4n) is 4.23. The minimum absolute atomic E-state index is 0.00996. The Kier molecular flexibility index (Phi) is 16.0. The number of carbonyl (C=O) groups is 1. The van der Waals surface area contributed by atoms with Crippen molar-refractivity contribution >= 4 is 22.5 Å². The lowest BCUT2D eigenvalue weighted by atomic mass is 10.0. The van der Waals surface area contributed by atoms with E-state index in [0.29, 0.717) is 12.2 Å². The molecule has 0 heterocycles. The molecule has 202 valence electrons. The standard InChI is InChI=1S/C29H55NO3Si2/c1-8-9-10-11-12-13-14-15-16-17-21-24-28(33-35(5,6)7)27(25-32-34(2,3)4)30-29(31)26-22-19-18-20-23-26/h18-20,22-23,27-28H,8-17,21,24-25H2,1-7H3,(H,30,31). The topological polar surface area (TPSA) is 47.6 Å². The molecule has 2 unspecified atom stereocenters. The summed E-state index contributed by atoms with van der Waals surface area (Å²) in [7, 11) is -3.50.